The summed E-state index contributed by atoms with van der Waals surface area (Å²) < 4.78 is 5.56. The van der Waals surface area contributed by atoms with Gasteiger partial charge in [-0.3, -0.25) is 0 Å². The molecule has 2 fully saturated rings. The molecule has 4 rings (SSSR count). The number of hydrogen-bond acceptors (Lipinski definition) is 7. The highest BCUT2D eigenvalue weighted by Crippen LogP contribution is 2.52. The Morgan fingerprint density at radius 2 is 2.06 bits per heavy atom. The lowest BCUT2D eigenvalue weighted by atomic mass is 9.66. The summed E-state index contributed by atoms with van der Waals surface area (Å²) >= 11 is 0. The van der Waals surface area contributed by atoms with Crippen molar-refractivity contribution in [3.63, 3.8) is 0 Å². The van der Waals surface area contributed by atoms with Crippen LogP contribution in [0.3, 0.4) is 0 Å². The number of carbonyl (C=O) groups is 1. The molecule has 1 spiro atoms. The normalized spacial score (nSPS) is 21.1. The summed E-state index contributed by atoms with van der Waals surface area (Å²) in [6.07, 6.45) is 9.63. The van der Waals surface area contributed by atoms with Gasteiger partial charge in [0.15, 0.2) is 0 Å². The lowest BCUT2D eigenvalue weighted by Crippen LogP contribution is -2.55. The number of carbonyl (C=O) groups excluding carboxylic acids is 1. The Kier molecular flexibility index (Phi) is 8.84. The van der Waals surface area contributed by atoms with Gasteiger partial charge in [-0.2, -0.15) is 5.26 Å². The summed E-state index contributed by atoms with van der Waals surface area (Å²) in [5.74, 6) is 2.36. The van der Waals surface area contributed by atoms with Crippen LogP contribution in [0.25, 0.3) is 0 Å². The first-order valence-electron chi connectivity index (χ1n) is 13.4. The second-order valence-corrected chi connectivity index (χ2v) is 11.3. The molecule has 1 N–H and O–H groups in total. The topological polar surface area (TPSA) is 94.4 Å². The van der Waals surface area contributed by atoms with Gasteiger partial charge < -0.3 is 19.9 Å². The third kappa shape index (κ3) is 6.36. The van der Waals surface area contributed by atoms with Crippen molar-refractivity contribution in [2.24, 2.45) is 5.92 Å². The van der Waals surface area contributed by atoms with Crippen molar-refractivity contribution in [1.29, 1.82) is 5.26 Å². The van der Waals surface area contributed by atoms with E-state index in [2.05, 4.69) is 47.0 Å². The van der Waals surface area contributed by atoms with Crippen molar-refractivity contribution in [2.45, 2.75) is 104 Å². The van der Waals surface area contributed by atoms with Gasteiger partial charge in [0.1, 0.15) is 23.6 Å². The average molecular weight is 485 g/mol. The number of amides is 1. The highest BCUT2D eigenvalue weighted by Gasteiger charge is 2.48. The van der Waals surface area contributed by atoms with Crippen LogP contribution in [0, 0.1) is 17.2 Å². The van der Waals surface area contributed by atoms with Crippen LogP contribution in [0.5, 0.6) is 0 Å². The number of rotatable bonds is 5. The fraction of sp³-hybridized carbons (Fsp3) is 0.778. The molecule has 1 amide bonds. The molecule has 194 valence electrons. The molecule has 1 aromatic heterocycles. The molecule has 0 radical (unpaired) electrons. The minimum atomic E-state index is -0.469. The monoisotopic (exact) mass is 484 g/mol. The zero-order valence-electron chi connectivity index (χ0n) is 22.6. The van der Waals surface area contributed by atoms with Crippen molar-refractivity contribution >= 4 is 17.7 Å². The second-order valence-electron chi connectivity index (χ2n) is 11.3. The van der Waals surface area contributed by atoms with Crippen molar-refractivity contribution in [3.05, 3.63) is 11.9 Å². The maximum absolute atomic E-state index is 12.5. The number of anilines is 2. The van der Waals surface area contributed by atoms with Gasteiger partial charge in [-0.25, -0.2) is 14.8 Å². The zero-order chi connectivity index (χ0) is 25.6. The van der Waals surface area contributed by atoms with Crippen LogP contribution in [-0.4, -0.2) is 58.8 Å². The first kappa shape index (κ1) is 27.0. The molecule has 0 bridgehead atoms. The average Bonchev–Trinajstić information content (AvgIpc) is 3.20. The third-order valence-corrected chi connectivity index (χ3v) is 7.40. The van der Waals surface area contributed by atoms with Crippen LogP contribution >= 0.6 is 0 Å². The summed E-state index contributed by atoms with van der Waals surface area (Å²) in [6.45, 7) is 15.2. The molecule has 1 unspecified atom stereocenters. The Morgan fingerprint density at radius 1 is 1.31 bits per heavy atom. The van der Waals surface area contributed by atoms with Gasteiger partial charge in [0.05, 0.1) is 6.07 Å². The highest BCUT2D eigenvalue weighted by molar-refractivity contribution is 5.70. The van der Waals surface area contributed by atoms with Crippen LogP contribution in [0.1, 0.15) is 92.1 Å². The third-order valence-electron chi connectivity index (χ3n) is 7.40. The summed E-state index contributed by atoms with van der Waals surface area (Å²) in [5.41, 5.74) is 1.05. The predicted octanol–water partition coefficient (Wildman–Crippen LogP) is 5.50. The summed E-state index contributed by atoms with van der Waals surface area (Å²) in [5, 5.41) is 12.0. The van der Waals surface area contributed by atoms with E-state index in [4.69, 9.17) is 10.00 Å². The SMILES string of the molecule is CC1CN(c2ncnc3c2C2(CCC2)CN3)CCN1C(=O)OC(C)(C)C.CCCC[C@@H](C#N)CC. The number of aromatic nitrogens is 2. The molecular weight excluding hydrogens is 440 g/mol. The molecule has 2 aliphatic heterocycles. The van der Waals surface area contributed by atoms with Gasteiger partial charge in [0, 0.05) is 49.1 Å². The van der Waals surface area contributed by atoms with E-state index < -0.39 is 5.60 Å². The lowest BCUT2D eigenvalue weighted by Gasteiger charge is -2.43. The first-order chi connectivity index (χ1) is 16.6. The fourth-order valence-electron chi connectivity index (χ4n) is 5.16. The van der Waals surface area contributed by atoms with Crippen LogP contribution < -0.4 is 10.2 Å². The number of nitriles is 1. The molecule has 1 aromatic rings. The Morgan fingerprint density at radius 3 is 2.60 bits per heavy atom. The van der Waals surface area contributed by atoms with Crippen LogP contribution in [-0.2, 0) is 10.2 Å². The van der Waals surface area contributed by atoms with Crippen molar-refractivity contribution < 1.29 is 9.53 Å². The molecule has 1 aliphatic carbocycles. The van der Waals surface area contributed by atoms with E-state index in [1.807, 2.05) is 25.7 Å². The van der Waals surface area contributed by atoms with Crippen molar-refractivity contribution in [3.8, 4) is 6.07 Å². The lowest BCUT2D eigenvalue weighted by molar-refractivity contribution is 0.0158. The number of nitrogens with one attached hydrogen (secondary N) is 1. The smallest absolute Gasteiger partial charge is 0.410 e. The number of nitrogens with zero attached hydrogens (tertiary/aromatic N) is 5. The van der Waals surface area contributed by atoms with Crippen LogP contribution in [0.4, 0.5) is 16.4 Å². The zero-order valence-corrected chi connectivity index (χ0v) is 22.6. The Hall–Kier alpha value is -2.56. The van der Waals surface area contributed by atoms with E-state index in [0.717, 1.165) is 44.1 Å². The quantitative estimate of drug-likeness (QED) is 0.590. The highest BCUT2D eigenvalue weighted by atomic mass is 16.6. The van der Waals surface area contributed by atoms with E-state index in [9.17, 15) is 4.79 Å². The van der Waals surface area contributed by atoms with Gasteiger partial charge in [0.25, 0.3) is 0 Å². The number of ether oxygens (including phenoxy) is 1. The predicted molar refractivity (Wildman–Crippen MR) is 140 cm³/mol. The molecule has 1 saturated carbocycles. The first-order valence-corrected chi connectivity index (χ1v) is 13.4. The van der Waals surface area contributed by atoms with Gasteiger partial charge in [0.2, 0.25) is 0 Å². The van der Waals surface area contributed by atoms with Gasteiger partial charge in [-0.05, 0) is 53.4 Å². The summed E-state index contributed by atoms with van der Waals surface area (Å²) in [4.78, 5) is 25.7. The van der Waals surface area contributed by atoms with Crippen molar-refractivity contribution in [2.75, 3.05) is 36.4 Å². The van der Waals surface area contributed by atoms with E-state index >= 15 is 0 Å². The van der Waals surface area contributed by atoms with E-state index in [0.29, 0.717) is 12.5 Å². The molecule has 35 heavy (non-hydrogen) atoms. The van der Waals surface area contributed by atoms with Gasteiger partial charge in [-0.1, -0.05) is 33.1 Å². The molecule has 1 saturated heterocycles. The standard InChI is InChI=1S/C19H29N5O2.C8H15N/c1-13-10-23(8-9-24(13)17(25)26-18(2,3)4)16-14-15(21-12-22-16)20-11-19(14)6-5-7-19;1-3-5-6-8(4-2)7-9/h12-13H,5-11H2,1-4H3,(H,20,21,22);8H,3-6H2,1-2H3/t;8-/m.0/s1. The largest absolute Gasteiger partial charge is 0.444 e. The molecule has 3 aliphatic rings. The Balaban J connectivity index is 0.000000327. The Labute approximate surface area is 211 Å². The minimum absolute atomic E-state index is 0.0796. The molecule has 8 nitrogen and oxygen atoms in total. The maximum Gasteiger partial charge on any atom is 0.410 e. The van der Waals surface area contributed by atoms with Gasteiger partial charge in [-0.15, -0.1) is 0 Å². The van der Waals surface area contributed by atoms with E-state index in [-0.39, 0.29) is 17.6 Å². The number of fused-ring (bicyclic) bond motifs is 2. The fourth-order valence-corrected chi connectivity index (χ4v) is 5.16. The molecule has 8 heteroatoms. The van der Waals surface area contributed by atoms with Crippen LogP contribution in [0.15, 0.2) is 6.33 Å². The minimum Gasteiger partial charge on any atom is -0.444 e. The van der Waals surface area contributed by atoms with Crippen molar-refractivity contribution in [1.82, 2.24) is 14.9 Å². The number of hydrogen-bond donors (Lipinski definition) is 1. The van der Waals surface area contributed by atoms with E-state index in [1.54, 1.807) is 6.33 Å². The maximum atomic E-state index is 12.5. The molecule has 0 aromatic carbocycles. The van der Waals surface area contributed by atoms with Gasteiger partial charge >= 0.3 is 6.09 Å². The Bertz CT molecular complexity index is 902. The van der Waals surface area contributed by atoms with E-state index in [1.165, 1.54) is 37.7 Å². The second kappa shape index (κ2) is 11.5. The molecule has 3 heterocycles. The summed E-state index contributed by atoms with van der Waals surface area (Å²) in [7, 11) is 0. The molecular formula is C27H44N6O2. The number of unbranched alkanes of at least 4 members (excludes halogenated alkanes) is 1. The molecule has 2 atom stereocenters. The van der Waals surface area contributed by atoms with Crippen LogP contribution in [0.2, 0.25) is 0 Å². The summed E-state index contributed by atoms with van der Waals surface area (Å²) in [6, 6.07) is 2.37. The number of piperazine rings is 1.